The molecule has 1 heterocycles. The summed E-state index contributed by atoms with van der Waals surface area (Å²) in [4.78, 5) is 13.3. The van der Waals surface area contributed by atoms with Gasteiger partial charge in [-0.2, -0.15) is 8.42 Å². The average molecular weight is 551 g/mol. The molecule has 1 aliphatic rings. The minimum Gasteiger partial charge on any atom is -0.489 e. The predicted octanol–water partition coefficient (Wildman–Crippen LogP) is 5.27. The Morgan fingerprint density at radius 2 is 1.82 bits per heavy atom. The molecule has 1 N–H and O–H groups in total. The number of ether oxygens (including phenoxy) is 3. The number of Topliss-reactive ketones (excluding diaryl/α,β-unsaturated/α-hetero) is 1. The Morgan fingerprint density at radius 3 is 2.51 bits per heavy atom. The van der Waals surface area contributed by atoms with Crippen molar-refractivity contribution >= 4 is 22.0 Å². The second kappa shape index (κ2) is 11.3. The second-order valence-corrected chi connectivity index (χ2v) is 11.0. The van der Waals surface area contributed by atoms with Gasteiger partial charge in [-0.05, 0) is 69.3 Å². The van der Waals surface area contributed by atoms with Crippen LogP contribution in [0.2, 0.25) is 0 Å². The Kier molecular flexibility index (Phi) is 8.13. The minimum atomic E-state index is -4.25. The Balaban J connectivity index is 1.64. The van der Waals surface area contributed by atoms with Gasteiger partial charge in [-0.25, -0.2) is 0 Å². The Bertz CT molecular complexity index is 1520. The van der Waals surface area contributed by atoms with Crippen molar-refractivity contribution in [1.82, 2.24) is 0 Å². The van der Waals surface area contributed by atoms with E-state index in [2.05, 4.69) is 6.58 Å². The highest BCUT2D eigenvalue weighted by atomic mass is 32.2. The van der Waals surface area contributed by atoms with Crippen molar-refractivity contribution in [2.45, 2.75) is 37.9 Å². The van der Waals surface area contributed by atoms with E-state index in [0.29, 0.717) is 28.4 Å². The number of carbonyl (C=O) groups is 1. The van der Waals surface area contributed by atoms with Crippen LogP contribution in [0.3, 0.4) is 0 Å². The van der Waals surface area contributed by atoms with Gasteiger partial charge in [-0.1, -0.05) is 30.4 Å². The standard InChI is InChI=1S/C30H30O8S/c1-5-16-35-22-9-12-24(28(17-22)38-39(33,34)23-10-6-20(2)7-11-23)26(32)19-36-29-21(18-31)8-13-27-25(29)14-15-30(3,4)37-27/h5-15,17,31H,1,16,18-19H2,2-4H3. The van der Waals surface area contributed by atoms with Crippen LogP contribution in [0.4, 0.5) is 0 Å². The van der Waals surface area contributed by atoms with E-state index < -0.39 is 28.1 Å². The summed E-state index contributed by atoms with van der Waals surface area (Å²) < 4.78 is 48.9. The van der Waals surface area contributed by atoms with Crippen molar-refractivity contribution < 1.29 is 36.7 Å². The molecule has 0 radical (unpaired) electrons. The summed E-state index contributed by atoms with van der Waals surface area (Å²) in [5, 5.41) is 9.87. The SMILES string of the molecule is C=CCOc1ccc(C(=O)COc2c(CO)ccc3c2C=CC(C)(C)O3)c(OS(=O)(=O)c2ccc(C)cc2)c1. The lowest BCUT2D eigenvalue weighted by molar-refractivity contribution is 0.0916. The first kappa shape index (κ1) is 27.9. The molecule has 0 aliphatic carbocycles. The van der Waals surface area contributed by atoms with E-state index in [1.807, 2.05) is 32.9 Å². The van der Waals surface area contributed by atoms with Crippen LogP contribution >= 0.6 is 0 Å². The molecule has 0 aromatic heterocycles. The molecule has 0 bridgehead atoms. The van der Waals surface area contributed by atoms with E-state index in [1.165, 1.54) is 36.4 Å². The molecule has 8 nitrogen and oxygen atoms in total. The first-order chi connectivity index (χ1) is 18.5. The van der Waals surface area contributed by atoms with Gasteiger partial charge < -0.3 is 23.5 Å². The van der Waals surface area contributed by atoms with Gasteiger partial charge in [0.25, 0.3) is 0 Å². The Morgan fingerprint density at radius 1 is 1.08 bits per heavy atom. The number of fused-ring (bicyclic) bond motifs is 1. The fraction of sp³-hybridized carbons (Fsp3) is 0.233. The molecule has 0 amide bonds. The number of benzene rings is 3. The van der Waals surface area contributed by atoms with E-state index in [1.54, 1.807) is 24.3 Å². The number of aryl methyl sites for hydroxylation is 1. The third-order valence-corrected chi connectivity index (χ3v) is 7.16. The zero-order chi connectivity index (χ0) is 28.2. The van der Waals surface area contributed by atoms with Crippen molar-refractivity contribution in [3.05, 3.63) is 95.6 Å². The Hall–Kier alpha value is -4.08. The minimum absolute atomic E-state index is 0.0140. The monoisotopic (exact) mass is 550 g/mol. The molecule has 3 aromatic rings. The maximum Gasteiger partial charge on any atom is 0.339 e. The average Bonchev–Trinajstić information content (AvgIpc) is 2.89. The van der Waals surface area contributed by atoms with Gasteiger partial charge in [-0.3, -0.25) is 4.79 Å². The predicted molar refractivity (Wildman–Crippen MR) is 147 cm³/mol. The number of carbonyl (C=O) groups excluding carboxylic acids is 1. The first-order valence-corrected chi connectivity index (χ1v) is 13.6. The van der Waals surface area contributed by atoms with Gasteiger partial charge in [0.1, 0.15) is 34.4 Å². The lowest BCUT2D eigenvalue weighted by Crippen LogP contribution is -2.27. The molecule has 4 rings (SSSR count). The fourth-order valence-electron chi connectivity index (χ4n) is 3.90. The molecule has 0 spiro atoms. The van der Waals surface area contributed by atoms with Crippen LogP contribution in [0.5, 0.6) is 23.0 Å². The zero-order valence-corrected chi connectivity index (χ0v) is 22.8. The van der Waals surface area contributed by atoms with Gasteiger partial charge in [0.2, 0.25) is 5.78 Å². The van der Waals surface area contributed by atoms with Gasteiger partial charge in [0.15, 0.2) is 12.4 Å². The Labute approximate surface area is 228 Å². The van der Waals surface area contributed by atoms with Crippen molar-refractivity contribution in [2.24, 2.45) is 0 Å². The molecular formula is C30H30O8S. The summed E-state index contributed by atoms with van der Waals surface area (Å²) in [5.74, 6) is 0.413. The van der Waals surface area contributed by atoms with Crippen LogP contribution in [-0.4, -0.2) is 38.1 Å². The van der Waals surface area contributed by atoms with Gasteiger partial charge >= 0.3 is 10.1 Å². The number of hydrogen-bond donors (Lipinski definition) is 1. The zero-order valence-electron chi connectivity index (χ0n) is 22.0. The molecule has 0 saturated heterocycles. The fourth-order valence-corrected chi connectivity index (χ4v) is 4.84. The number of ketones is 1. The second-order valence-electron chi connectivity index (χ2n) is 9.48. The summed E-state index contributed by atoms with van der Waals surface area (Å²) in [7, 11) is -4.25. The topological polar surface area (TPSA) is 108 Å². The van der Waals surface area contributed by atoms with E-state index in [4.69, 9.17) is 18.4 Å². The molecule has 0 saturated carbocycles. The van der Waals surface area contributed by atoms with E-state index in [9.17, 15) is 18.3 Å². The largest absolute Gasteiger partial charge is 0.489 e. The van der Waals surface area contributed by atoms with Crippen LogP contribution in [0.25, 0.3) is 6.08 Å². The quantitative estimate of drug-likeness (QED) is 0.196. The molecule has 0 fully saturated rings. The summed E-state index contributed by atoms with van der Waals surface area (Å²) in [6.07, 6.45) is 5.22. The molecule has 3 aromatic carbocycles. The van der Waals surface area contributed by atoms with Gasteiger partial charge in [0, 0.05) is 11.6 Å². The molecule has 1 aliphatic heterocycles. The van der Waals surface area contributed by atoms with E-state index >= 15 is 0 Å². The maximum atomic E-state index is 13.3. The van der Waals surface area contributed by atoms with Crippen molar-refractivity contribution in [3.8, 4) is 23.0 Å². The summed E-state index contributed by atoms with van der Waals surface area (Å²) in [6.45, 7) is 8.67. The van der Waals surface area contributed by atoms with Crippen LogP contribution in [-0.2, 0) is 16.7 Å². The molecule has 9 heteroatoms. The molecule has 39 heavy (non-hydrogen) atoms. The molecular weight excluding hydrogens is 520 g/mol. The van der Waals surface area contributed by atoms with Crippen LogP contribution in [0.1, 0.15) is 40.9 Å². The van der Waals surface area contributed by atoms with E-state index in [0.717, 1.165) is 5.56 Å². The summed E-state index contributed by atoms with van der Waals surface area (Å²) in [5.41, 5.74) is 1.42. The summed E-state index contributed by atoms with van der Waals surface area (Å²) in [6, 6.07) is 13.9. The molecule has 0 atom stereocenters. The maximum absolute atomic E-state index is 13.3. The number of rotatable bonds is 11. The number of hydrogen-bond acceptors (Lipinski definition) is 8. The molecule has 204 valence electrons. The lowest BCUT2D eigenvalue weighted by atomic mass is 9.99. The smallest absolute Gasteiger partial charge is 0.339 e. The van der Waals surface area contributed by atoms with Gasteiger partial charge in [0.05, 0.1) is 17.7 Å². The third-order valence-electron chi connectivity index (χ3n) is 5.91. The van der Waals surface area contributed by atoms with Crippen molar-refractivity contribution in [1.29, 1.82) is 0 Å². The normalized spacial score (nSPS) is 13.6. The highest BCUT2D eigenvalue weighted by Gasteiger charge is 2.27. The number of aliphatic hydroxyl groups is 1. The van der Waals surface area contributed by atoms with Gasteiger partial charge in [-0.15, -0.1) is 0 Å². The van der Waals surface area contributed by atoms with Crippen LogP contribution in [0.15, 0.2) is 78.2 Å². The molecule has 0 unspecified atom stereocenters. The summed E-state index contributed by atoms with van der Waals surface area (Å²) >= 11 is 0. The highest BCUT2D eigenvalue weighted by molar-refractivity contribution is 7.87. The number of aliphatic hydroxyl groups excluding tert-OH is 1. The lowest BCUT2D eigenvalue weighted by Gasteiger charge is -2.29. The van der Waals surface area contributed by atoms with Crippen LogP contribution < -0.4 is 18.4 Å². The highest BCUT2D eigenvalue weighted by Crippen LogP contribution is 2.39. The van der Waals surface area contributed by atoms with E-state index in [-0.39, 0.29) is 29.4 Å². The van der Waals surface area contributed by atoms with Crippen LogP contribution in [0, 0.1) is 6.92 Å². The third kappa shape index (κ3) is 6.50. The van der Waals surface area contributed by atoms with Crippen molar-refractivity contribution in [3.63, 3.8) is 0 Å². The first-order valence-electron chi connectivity index (χ1n) is 12.2. The van der Waals surface area contributed by atoms with Crippen molar-refractivity contribution in [2.75, 3.05) is 13.2 Å².